The number of fused-ring (bicyclic) bond motifs is 1. The van der Waals surface area contributed by atoms with Gasteiger partial charge >= 0.3 is 0 Å². The predicted molar refractivity (Wildman–Crippen MR) is 84.2 cm³/mol. The Morgan fingerprint density at radius 2 is 1.95 bits per heavy atom. The van der Waals surface area contributed by atoms with E-state index in [2.05, 4.69) is 48.2 Å². The minimum absolute atomic E-state index is 0.273. The number of amides is 1. The molecule has 1 unspecified atom stereocenters. The topological polar surface area (TPSA) is 26.8 Å². The lowest BCUT2D eigenvalue weighted by atomic mass is 10.1. The van der Waals surface area contributed by atoms with E-state index in [1.807, 2.05) is 4.90 Å². The molecule has 1 amide bonds. The number of aryl methyl sites for hydroxylation is 1. The summed E-state index contributed by atoms with van der Waals surface area (Å²) in [5.74, 6) is 0.273. The summed E-state index contributed by atoms with van der Waals surface area (Å²) in [5.41, 5.74) is 2.85. The quantitative estimate of drug-likeness (QED) is 0.840. The number of likely N-dealkylation sites (N-methyl/N-ethyl adjacent to an activating group) is 2. The molecular weight excluding hydrogens is 262 g/mol. The summed E-state index contributed by atoms with van der Waals surface area (Å²) < 4.78 is 0. The van der Waals surface area contributed by atoms with Gasteiger partial charge in [-0.3, -0.25) is 9.69 Å². The summed E-state index contributed by atoms with van der Waals surface area (Å²) in [4.78, 5) is 19.0. The fourth-order valence-corrected chi connectivity index (χ4v) is 3.47. The molecule has 3 rings (SSSR count). The normalized spacial score (nSPS) is 22.6. The van der Waals surface area contributed by atoms with Gasteiger partial charge in [-0.15, -0.1) is 0 Å². The van der Waals surface area contributed by atoms with Crippen LogP contribution in [0.4, 0.5) is 0 Å². The van der Waals surface area contributed by atoms with E-state index in [4.69, 9.17) is 0 Å². The lowest BCUT2D eigenvalue weighted by Gasteiger charge is -2.34. The number of hydrogen-bond donors (Lipinski definition) is 0. The van der Waals surface area contributed by atoms with Gasteiger partial charge in [0.15, 0.2) is 0 Å². The molecule has 4 nitrogen and oxygen atoms in total. The van der Waals surface area contributed by atoms with E-state index < -0.39 is 0 Å². The average molecular weight is 287 g/mol. The molecule has 21 heavy (non-hydrogen) atoms. The maximum absolute atomic E-state index is 12.4. The number of nitrogens with zero attached hydrogens (tertiary/aromatic N) is 3. The Morgan fingerprint density at radius 3 is 2.71 bits per heavy atom. The number of carbonyl (C=O) groups is 1. The highest BCUT2D eigenvalue weighted by atomic mass is 16.2. The highest BCUT2D eigenvalue weighted by Crippen LogP contribution is 2.34. The monoisotopic (exact) mass is 287 g/mol. The molecule has 1 fully saturated rings. The maximum atomic E-state index is 12.4. The van der Waals surface area contributed by atoms with Gasteiger partial charge in [-0.1, -0.05) is 24.3 Å². The molecule has 0 radical (unpaired) electrons. The van der Waals surface area contributed by atoms with Crippen LogP contribution in [0.2, 0.25) is 0 Å². The van der Waals surface area contributed by atoms with E-state index >= 15 is 0 Å². The molecule has 2 aliphatic rings. The molecule has 0 saturated carbocycles. The molecule has 1 aromatic carbocycles. The Balaban J connectivity index is 1.59. The summed E-state index contributed by atoms with van der Waals surface area (Å²) in [6, 6.07) is 9.04. The first-order valence-electron chi connectivity index (χ1n) is 7.89. The number of rotatable bonds is 3. The molecule has 1 aliphatic heterocycles. The van der Waals surface area contributed by atoms with Crippen molar-refractivity contribution in [1.82, 2.24) is 14.7 Å². The zero-order valence-corrected chi connectivity index (χ0v) is 13.1. The minimum atomic E-state index is 0.273. The van der Waals surface area contributed by atoms with Crippen molar-refractivity contribution in [3.8, 4) is 0 Å². The molecule has 1 aliphatic carbocycles. The molecule has 0 spiro atoms. The van der Waals surface area contributed by atoms with Crippen LogP contribution in [-0.2, 0) is 11.2 Å². The second kappa shape index (κ2) is 6.16. The fraction of sp³-hybridized carbons (Fsp3) is 0.588. The lowest BCUT2D eigenvalue weighted by molar-refractivity contribution is -0.134. The summed E-state index contributed by atoms with van der Waals surface area (Å²) >= 11 is 0. The van der Waals surface area contributed by atoms with Crippen molar-refractivity contribution < 1.29 is 4.79 Å². The second-order valence-corrected chi connectivity index (χ2v) is 6.35. The van der Waals surface area contributed by atoms with Crippen molar-refractivity contribution in [3.05, 3.63) is 35.4 Å². The largest absolute Gasteiger partial charge is 0.339 e. The van der Waals surface area contributed by atoms with E-state index in [0.29, 0.717) is 12.6 Å². The number of benzene rings is 1. The molecule has 1 atom stereocenters. The number of piperazine rings is 1. The molecule has 1 heterocycles. The van der Waals surface area contributed by atoms with Crippen molar-refractivity contribution in [2.24, 2.45) is 0 Å². The SMILES string of the molecule is CN1CCN(C(=O)CN(C)C2CCc3ccccc32)CC1. The molecule has 1 aromatic rings. The summed E-state index contributed by atoms with van der Waals surface area (Å²) in [5, 5.41) is 0. The van der Waals surface area contributed by atoms with Crippen molar-refractivity contribution in [2.45, 2.75) is 18.9 Å². The van der Waals surface area contributed by atoms with Gasteiger partial charge in [0, 0.05) is 32.2 Å². The van der Waals surface area contributed by atoms with Gasteiger partial charge in [0.05, 0.1) is 6.54 Å². The zero-order chi connectivity index (χ0) is 14.8. The Bertz CT molecular complexity index is 509. The Morgan fingerprint density at radius 1 is 1.24 bits per heavy atom. The van der Waals surface area contributed by atoms with Gasteiger partial charge < -0.3 is 9.80 Å². The minimum Gasteiger partial charge on any atom is -0.339 e. The Hall–Kier alpha value is -1.39. The molecule has 0 aromatic heterocycles. The van der Waals surface area contributed by atoms with Gasteiger partial charge in [-0.05, 0) is 38.1 Å². The van der Waals surface area contributed by atoms with Gasteiger partial charge in [-0.2, -0.15) is 0 Å². The van der Waals surface area contributed by atoms with Crippen LogP contribution in [0.3, 0.4) is 0 Å². The van der Waals surface area contributed by atoms with Gasteiger partial charge in [0.25, 0.3) is 0 Å². The van der Waals surface area contributed by atoms with Gasteiger partial charge in [-0.25, -0.2) is 0 Å². The van der Waals surface area contributed by atoms with Gasteiger partial charge in [0.2, 0.25) is 5.91 Å². The fourth-order valence-electron chi connectivity index (χ4n) is 3.47. The highest BCUT2D eigenvalue weighted by Gasteiger charge is 2.28. The lowest BCUT2D eigenvalue weighted by Crippen LogP contribution is -2.49. The van der Waals surface area contributed by atoms with Crippen LogP contribution in [0, 0.1) is 0 Å². The smallest absolute Gasteiger partial charge is 0.236 e. The van der Waals surface area contributed by atoms with Crippen LogP contribution in [0.1, 0.15) is 23.6 Å². The second-order valence-electron chi connectivity index (χ2n) is 6.35. The summed E-state index contributed by atoms with van der Waals surface area (Å²) in [6.07, 6.45) is 2.26. The predicted octanol–water partition coefficient (Wildman–Crippen LogP) is 1.38. The molecule has 1 saturated heterocycles. The van der Waals surface area contributed by atoms with Crippen LogP contribution >= 0.6 is 0 Å². The third-order valence-electron chi connectivity index (χ3n) is 4.87. The summed E-state index contributed by atoms with van der Waals surface area (Å²) in [6.45, 7) is 4.24. The first-order valence-corrected chi connectivity index (χ1v) is 7.89. The van der Waals surface area contributed by atoms with Crippen molar-refractivity contribution in [1.29, 1.82) is 0 Å². The van der Waals surface area contributed by atoms with Crippen LogP contribution < -0.4 is 0 Å². The summed E-state index contributed by atoms with van der Waals surface area (Å²) in [7, 11) is 4.20. The third-order valence-corrected chi connectivity index (χ3v) is 4.87. The van der Waals surface area contributed by atoms with Crippen LogP contribution in [0.25, 0.3) is 0 Å². The van der Waals surface area contributed by atoms with E-state index in [0.717, 1.165) is 39.0 Å². The molecule has 0 N–H and O–H groups in total. The number of hydrogen-bond acceptors (Lipinski definition) is 3. The molecule has 4 heteroatoms. The number of carbonyl (C=O) groups excluding carboxylic acids is 1. The van der Waals surface area contributed by atoms with Crippen molar-refractivity contribution >= 4 is 5.91 Å². The van der Waals surface area contributed by atoms with E-state index in [1.165, 1.54) is 11.1 Å². The van der Waals surface area contributed by atoms with Crippen molar-refractivity contribution in [3.63, 3.8) is 0 Å². The van der Waals surface area contributed by atoms with Crippen LogP contribution in [0.15, 0.2) is 24.3 Å². The standard InChI is InChI=1S/C17H25N3O/c1-18-9-11-20(12-10-18)17(21)13-19(2)16-8-7-14-5-3-4-6-15(14)16/h3-6,16H,7-13H2,1-2H3. The zero-order valence-electron chi connectivity index (χ0n) is 13.1. The van der Waals surface area contributed by atoms with E-state index in [1.54, 1.807) is 0 Å². The third kappa shape index (κ3) is 3.11. The molecule has 114 valence electrons. The van der Waals surface area contributed by atoms with Gasteiger partial charge in [0.1, 0.15) is 0 Å². The Labute approximate surface area is 127 Å². The van der Waals surface area contributed by atoms with Crippen LogP contribution in [0.5, 0.6) is 0 Å². The van der Waals surface area contributed by atoms with Crippen LogP contribution in [-0.4, -0.2) is 67.4 Å². The van der Waals surface area contributed by atoms with E-state index in [-0.39, 0.29) is 5.91 Å². The molecule has 0 bridgehead atoms. The first kappa shape index (κ1) is 14.5. The maximum Gasteiger partial charge on any atom is 0.236 e. The van der Waals surface area contributed by atoms with E-state index in [9.17, 15) is 4.79 Å². The molecular formula is C17H25N3O. The average Bonchev–Trinajstić information content (AvgIpc) is 2.92. The van der Waals surface area contributed by atoms with Crippen molar-refractivity contribution in [2.75, 3.05) is 46.8 Å². The highest BCUT2D eigenvalue weighted by molar-refractivity contribution is 5.78. The first-order chi connectivity index (χ1) is 10.1. The Kier molecular flexibility index (Phi) is 4.27.